The summed E-state index contributed by atoms with van der Waals surface area (Å²) < 4.78 is 10.4. The van der Waals surface area contributed by atoms with Gasteiger partial charge >= 0.3 is 0 Å². The van der Waals surface area contributed by atoms with E-state index in [9.17, 15) is 4.79 Å². The van der Waals surface area contributed by atoms with Crippen molar-refractivity contribution in [3.05, 3.63) is 0 Å². The molecule has 3 atom stereocenters. The number of methoxy groups -OCH3 is 1. The molecule has 5 heteroatoms. The minimum absolute atomic E-state index is 0.0534. The Balaban J connectivity index is 2.11. The van der Waals surface area contributed by atoms with Crippen molar-refractivity contribution < 1.29 is 14.3 Å². The number of carbonyl (C=O) groups excluding carboxylic acids is 1. The third kappa shape index (κ3) is 5.33. The predicted octanol–water partition coefficient (Wildman–Crippen LogP) is 0.542. The number of carbonyl (C=O) groups is 1. The van der Waals surface area contributed by atoms with Crippen LogP contribution in [0.15, 0.2) is 0 Å². The molecule has 1 rings (SSSR count). The summed E-state index contributed by atoms with van der Waals surface area (Å²) in [7, 11) is 1.66. The van der Waals surface area contributed by atoms with Gasteiger partial charge in [0.25, 0.3) is 0 Å². The van der Waals surface area contributed by atoms with Crippen LogP contribution >= 0.6 is 0 Å². The maximum atomic E-state index is 11.7. The van der Waals surface area contributed by atoms with Crippen molar-refractivity contribution >= 4 is 5.91 Å². The Bertz CT molecular complexity index is 248. The Morgan fingerprint density at radius 1 is 1.56 bits per heavy atom. The Morgan fingerprint density at radius 3 is 2.94 bits per heavy atom. The second-order valence-corrected chi connectivity index (χ2v) is 4.89. The second kappa shape index (κ2) is 8.45. The minimum Gasteiger partial charge on any atom is -0.385 e. The summed E-state index contributed by atoms with van der Waals surface area (Å²) in [5, 5.41) is 6.16. The molecular formula is C13H26N2O3. The third-order valence-corrected chi connectivity index (χ3v) is 3.44. The largest absolute Gasteiger partial charge is 0.385 e. The maximum absolute atomic E-state index is 11.7. The zero-order valence-electron chi connectivity index (χ0n) is 11.7. The molecule has 2 N–H and O–H groups in total. The van der Waals surface area contributed by atoms with Crippen molar-refractivity contribution in [1.29, 1.82) is 0 Å². The SMILES string of the molecule is COCCCNC(=O)C(C)NCC1CCOC1C. The Labute approximate surface area is 110 Å². The molecule has 0 aromatic heterocycles. The van der Waals surface area contributed by atoms with E-state index in [0.29, 0.717) is 25.2 Å². The van der Waals surface area contributed by atoms with Crippen LogP contribution in [0.5, 0.6) is 0 Å². The molecule has 106 valence electrons. The molecule has 1 aliphatic rings. The van der Waals surface area contributed by atoms with Gasteiger partial charge in [-0.15, -0.1) is 0 Å². The first-order valence-electron chi connectivity index (χ1n) is 6.76. The Hall–Kier alpha value is -0.650. The second-order valence-electron chi connectivity index (χ2n) is 4.89. The van der Waals surface area contributed by atoms with E-state index in [2.05, 4.69) is 17.6 Å². The molecule has 0 bridgehead atoms. The van der Waals surface area contributed by atoms with Gasteiger partial charge in [-0.2, -0.15) is 0 Å². The third-order valence-electron chi connectivity index (χ3n) is 3.44. The van der Waals surface area contributed by atoms with Crippen LogP contribution in [0.2, 0.25) is 0 Å². The normalized spacial score (nSPS) is 25.1. The van der Waals surface area contributed by atoms with Gasteiger partial charge < -0.3 is 20.1 Å². The number of amides is 1. The van der Waals surface area contributed by atoms with Gasteiger partial charge in [-0.3, -0.25) is 4.79 Å². The minimum atomic E-state index is -0.152. The van der Waals surface area contributed by atoms with Crippen molar-refractivity contribution in [3.8, 4) is 0 Å². The number of hydrogen-bond acceptors (Lipinski definition) is 4. The number of hydrogen-bond donors (Lipinski definition) is 2. The fourth-order valence-electron chi connectivity index (χ4n) is 2.05. The molecule has 18 heavy (non-hydrogen) atoms. The number of nitrogens with one attached hydrogen (secondary N) is 2. The van der Waals surface area contributed by atoms with Crippen molar-refractivity contribution in [1.82, 2.24) is 10.6 Å². The molecule has 1 fully saturated rings. The first-order valence-corrected chi connectivity index (χ1v) is 6.76. The fourth-order valence-corrected chi connectivity index (χ4v) is 2.05. The highest BCUT2D eigenvalue weighted by molar-refractivity contribution is 5.81. The van der Waals surface area contributed by atoms with Crippen LogP contribution in [-0.2, 0) is 14.3 Å². The lowest BCUT2D eigenvalue weighted by Gasteiger charge is -2.18. The van der Waals surface area contributed by atoms with E-state index in [0.717, 1.165) is 26.0 Å². The highest BCUT2D eigenvalue weighted by Crippen LogP contribution is 2.19. The molecule has 0 aliphatic carbocycles. The number of rotatable bonds is 8. The van der Waals surface area contributed by atoms with E-state index in [1.54, 1.807) is 7.11 Å². The van der Waals surface area contributed by atoms with Gasteiger partial charge in [0.2, 0.25) is 5.91 Å². The van der Waals surface area contributed by atoms with Crippen LogP contribution in [0.1, 0.15) is 26.7 Å². The Kier molecular flexibility index (Phi) is 7.23. The molecule has 1 heterocycles. The first-order chi connectivity index (χ1) is 8.65. The van der Waals surface area contributed by atoms with Gasteiger partial charge in [-0.05, 0) is 32.6 Å². The standard InChI is InChI=1S/C13H26N2O3/c1-10(13(16)14-6-4-7-17-3)15-9-12-5-8-18-11(12)2/h10-12,15H,4-9H2,1-3H3,(H,14,16). The van der Waals surface area contributed by atoms with Crippen LogP contribution < -0.4 is 10.6 Å². The van der Waals surface area contributed by atoms with Crippen molar-refractivity contribution in [2.45, 2.75) is 38.8 Å². The maximum Gasteiger partial charge on any atom is 0.236 e. The van der Waals surface area contributed by atoms with E-state index in [1.165, 1.54) is 0 Å². The highest BCUT2D eigenvalue weighted by atomic mass is 16.5. The summed E-state index contributed by atoms with van der Waals surface area (Å²) in [5.74, 6) is 0.575. The topological polar surface area (TPSA) is 59.6 Å². The summed E-state index contributed by atoms with van der Waals surface area (Å²) in [6, 6.07) is -0.152. The highest BCUT2D eigenvalue weighted by Gasteiger charge is 2.25. The molecule has 0 aromatic carbocycles. The van der Waals surface area contributed by atoms with E-state index in [-0.39, 0.29) is 11.9 Å². The quantitative estimate of drug-likeness (QED) is 0.624. The molecule has 0 radical (unpaired) electrons. The lowest BCUT2D eigenvalue weighted by Crippen LogP contribution is -2.44. The Morgan fingerprint density at radius 2 is 2.33 bits per heavy atom. The molecule has 1 aliphatic heterocycles. The smallest absolute Gasteiger partial charge is 0.236 e. The van der Waals surface area contributed by atoms with Gasteiger partial charge in [0.15, 0.2) is 0 Å². The molecule has 5 nitrogen and oxygen atoms in total. The van der Waals surface area contributed by atoms with Crippen LogP contribution in [-0.4, -0.2) is 51.5 Å². The average Bonchev–Trinajstić information content (AvgIpc) is 2.77. The van der Waals surface area contributed by atoms with Crippen molar-refractivity contribution in [2.24, 2.45) is 5.92 Å². The lowest BCUT2D eigenvalue weighted by atomic mass is 10.0. The predicted molar refractivity (Wildman–Crippen MR) is 70.5 cm³/mol. The fraction of sp³-hybridized carbons (Fsp3) is 0.923. The van der Waals surface area contributed by atoms with E-state index < -0.39 is 0 Å². The van der Waals surface area contributed by atoms with E-state index in [4.69, 9.17) is 9.47 Å². The summed E-state index contributed by atoms with van der Waals surface area (Å²) in [5.41, 5.74) is 0. The number of ether oxygens (including phenoxy) is 2. The molecule has 1 saturated heterocycles. The molecule has 1 amide bonds. The van der Waals surface area contributed by atoms with E-state index >= 15 is 0 Å². The van der Waals surface area contributed by atoms with Gasteiger partial charge in [0.05, 0.1) is 12.1 Å². The summed E-state index contributed by atoms with van der Waals surface area (Å²) >= 11 is 0. The molecule has 0 aromatic rings. The van der Waals surface area contributed by atoms with Crippen molar-refractivity contribution in [3.63, 3.8) is 0 Å². The average molecular weight is 258 g/mol. The lowest BCUT2D eigenvalue weighted by molar-refractivity contribution is -0.122. The van der Waals surface area contributed by atoms with Gasteiger partial charge in [-0.1, -0.05) is 0 Å². The van der Waals surface area contributed by atoms with Gasteiger partial charge in [0, 0.05) is 33.4 Å². The summed E-state index contributed by atoms with van der Waals surface area (Å²) in [6.45, 7) is 7.01. The van der Waals surface area contributed by atoms with E-state index in [1.807, 2.05) is 6.92 Å². The first kappa shape index (κ1) is 15.4. The van der Waals surface area contributed by atoms with Gasteiger partial charge in [0.1, 0.15) is 0 Å². The van der Waals surface area contributed by atoms with Crippen LogP contribution in [0.3, 0.4) is 0 Å². The van der Waals surface area contributed by atoms with Crippen molar-refractivity contribution in [2.75, 3.05) is 33.4 Å². The monoisotopic (exact) mass is 258 g/mol. The summed E-state index contributed by atoms with van der Waals surface area (Å²) in [4.78, 5) is 11.7. The van der Waals surface area contributed by atoms with Crippen LogP contribution in [0.4, 0.5) is 0 Å². The van der Waals surface area contributed by atoms with Gasteiger partial charge in [-0.25, -0.2) is 0 Å². The van der Waals surface area contributed by atoms with Crippen LogP contribution in [0.25, 0.3) is 0 Å². The summed E-state index contributed by atoms with van der Waals surface area (Å²) in [6.07, 6.45) is 2.23. The zero-order valence-corrected chi connectivity index (χ0v) is 11.7. The molecular weight excluding hydrogens is 232 g/mol. The zero-order chi connectivity index (χ0) is 13.4. The van der Waals surface area contributed by atoms with Crippen LogP contribution in [0, 0.1) is 5.92 Å². The molecule has 0 saturated carbocycles. The molecule has 3 unspecified atom stereocenters. The molecule has 0 spiro atoms.